The maximum atomic E-state index is 2.68. The molecule has 0 atom stereocenters. The summed E-state index contributed by atoms with van der Waals surface area (Å²) in [7, 11) is -3.29. The molecule has 0 N–H and O–H groups in total. The van der Waals surface area contributed by atoms with E-state index in [0.29, 0.717) is 11.0 Å². The molecule has 0 aliphatic heterocycles. The second-order valence-corrected chi connectivity index (χ2v) is 30.1. The van der Waals surface area contributed by atoms with Gasteiger partial charge in [-0.05, 0) is 61.0 Å². The summed E-state index contributed by atoms with van der Waals surface area (Å²) in [6.07, 6.45) is 0. The van der Waals surface area contributed by atoms with Crippen LogP contribution in [-0.2, 0) is 5.41 Å². The Hall–Kier alpha value is -2.69. The lowest BCUT2D eigenvalue weighted by atomic mass is 9.70. The Morgan fingerprint density at radius 1 is 0.579 bits per heavy atom. The van der Waals surface area contributed by atoms with Crippen LogP contribution in [0.1, 0.15) is 68.4 Å². The Kier molecular flexibility index (Phi) is 5.49. The lowest BCUT2D eigenvalue weighted by Crippen LogP contribution is -2.67. The van der Waals surface area contributed by atoms with Gasteiger partial charge in [0.05, 0.1) is 20.6 Å². The molecule has 0 saturated carbocycles. The largest absolute Gasteiger partial charge is 0.0744 e. The van der Waals surface area contributed by atoms with Crippen LogP contribution in [0.25, 0.3) is 22.3 Å². The van der Waals surface area contributed by atoms with Crippen molar-refractivity contribution in [3.63, 3.8) is 0 Å². The van der Waals surface area contributed by atoms with Crippen molar-refractivity contribution in [3.8, 4) is 22.3 Å². The fourth-order valence-corrected chi connectivity index (χ4v) is 19.1. The highest BCUT2D eigenvalue weighted by atomic mass is 29.3. The third kappa shape index (κ3) is 3.14. The van der Waals surface area contributed by atoms with Crippen molar-refractivity contribution in [2.24, 2.45) is 0 Å². The van der Waals surface area contributed by atoms with E-state index in [0.717, 1.165) is 0 Å². The second-order valence-electron chi connectivity index (χ2n) is 14.1. The van der Waals surface area contributed by atoms with Crippen LogP contribution < -0.4 is 5.19 Å². The van der Waals surface area contributed by atoms with Crippen molar-refractivity contribution in [3.05, 3.63) is 113 Å². The molecule has 38 heavy (non-hydrogen) atoms. The van der Waals surface area contributed by atoms with E-state index >= 15 is 0 Å². The van der Waals surface area contributed by atoms with Crippen LogP contribution >= 0.6 is 0 Å². The molecule has 0 nitrogen and oxygen atoms in total. The van der Waals surface area contributed by atoms with Gasteiger partial charge >= 0.3 is 0 Å². The topological polar surface area (TPSA) is 0 Å². The number of hydrogen-bond acceptors (Lipinski definition) is 0. The minimum Gasteiger partial charge on any atom is -0.0706 e. The lowest BCUT2D eigenvalue weighted by Gasteiger charge is -2.48. The van der Waals surface area contributed by atoms with Crippen molar-refractivity contribution < 1.29 is 0 Å². The van der Waals surface area contributed by atoms with Crippen molar-refractivity contribution in [1.82, 2.24) is 0 Å². The fraction of sp³-hybridized carbons (Fsp3) is 0.333. The summed E-state index contributed by atoms with van der Waals surface area (Å²) in [6, 6.07) is 33.4. The molecular weight excluding hydrogens is 489 g/mol. The van der Waals surface area contributed by atoms with E-state index in [2.05, 4.69) is 146 Å². The van der Waals surface area contributed by atoms with Gasteiger partial charge in [0.2, 0.25) is 0 Å². The minimum absolute atomic E-state index is 0.253. The minimum atomic E-state index is -1.73. The molecule has 0 saturated heterocycles. The van der Waals surface area contributed by atoms with Gasteiger partial charge in [-0.3, -0.25) is 0 Å². The van der Waals surface area contributed by atoms with Gasteiger partial charge in [-0.1, -0.05) is 151 Å². The van der Waals surface area contributed by atoms with Gasteiger partial charge in [0, 0.05) is 0 Å². The Morgan fingerprint density at radius 2 is 1.05 bits per heavy atom. The summed E-state index contributed by atoms with van der Waals surface area (Å²) in [6.45, 7) is 22.7. The molecule has 0 aromatic heterocycles. The summed E-state index contributed by atoms with van der Waals surface area (Å²) < 4.78 is 0. The van der Waals surface area contributed by atoms with Gasteiger partial charge < -0.3 is 0 Å². The summed E-state index contributed by atoms with van der Waals surface area (Å²) >= 11 is 0. The Bertz CT molecular complexity index is 1530. The van der Waals surface area contributed by atoms with Crippen LogP contribution in [0, 0.1) is 0 Å². The first kappa shape index (κ1) is 25.6. The van der Waals surface area contributed by atoms with E-state index in [1.165, 1.54) is 50.1 Å². The molecule has 2 heteroatoms. The van der Waals surface area contributed by atoms with Crippen LogP contribution in [0.2, 0.25) is 31.2 Å². The van der Waals surface area contributed by atoms with Gasteiger partial charge in [0.1, 0.15) is 0 Å². The maximum absolute atomic E-state index is 2.68. The maximum Gasteiger partial charge on any atom is 0.0744 e. The van der Waals surface area contributed by atoms with Crippen LogP contribution in [0.5, 0.6) is 0 Å². The standard InChI is InChI=1S/C36H42Si2/c1-24(2)25-18-20-29-30-21-19-26(37(6,7)38(8,9)35(3,4)5)23-34(30)36(33(29)22-25)31-16-12-10-14-27(31)28-15-11-13-17-32(28)36/h10-24H,1-9H3. The van der Waals surface area contributed by atoms with E-state index < -0.39 is 15.2 Å². The average Bonchev–Trinajstić information content (AvgIpc) is 3.34. The van der Waals surface area contributed by atoms with E-state index in [1.54, 1.807) is 5.19 Å². The molecular formula is C36H42Si2. The molecule has 1 spiro atoms. The van der Waals surface area contributed by atoms with Gasteiger partial charge in [-0.2, -0.15) is 0 Å². The van der Waals surface area contributed by atoms with Gasteiger partial charge in [-0.15, -0.1) is 0 Å². The summed E-state index contributed by atoms with van der Waals surface area (Å²) in [5, 5.41) is 1.99. The summed E-state index contributed by atoms with van der Waals surface area (Å²) in [4.78, 5) is 0. The molecule has 4 aromatic carbocycles. The van der Waals surface area contributed by atoms with Crippen LogP contribution in [0.15, 0.2) is 84.9 Å². The molecule has 194 valence electrons. The second kappa shape index (κ2) is 8.16. The van der Waals surface area contributed by atoms with E-state index in [1.807, 2.05) is 0 Å². The first-order valence-electron chi connectivity index (χ1n) is 14.3. The first-order chi connectivity index (χ1) is 17.8. The SMILES string of the molecule is CC(C)c1ccc2c(c1)C1(c3ccccc3-c3ccccc31)c1cc([Si](C)(C)[Si](C)(C)C(C)(C)C)ccc1-2. The van der Waals surface area contributed by atoms with Gasteiger partial charge in [0.25, 0.3) is 0 Å². The highest BCUT2D eigenvalue weighted by Gasteiger charge is 2.54. The van der Waals surface area contributed by atoms with Crippen molar-refractivity contribution in [2.75, 3.05) is 0 Å². The predicted molar refractivity (Wildman–Crippen MR) is 171 cm³/mol. The number of rotatable bonds is 3. The normalized spacial score (nSPS) is 15.4. The number of fused-ring (bicyclic) bond motifs is 10. The molecule has 0 amide bonds. The van der Waals surface area contributed by atoms with Gasteiger partial charge in [-0.25, -0.2) is 0 Å². The zero-order valence-electron chi connectivity index (χ0n) is 24.7. The molecule has 0 fully saturated rings. The predicted octanol–water partition coefficient (Wildman–Crippen LogP) is 9.66. The Balaban J connectivity index is 1.72. The quantitative estimate of drug-likeness (QED) is 0.200. The third-order valence-corrected chi connectivity index (χ3v) is 32.1. The third-order valence-electron chi connectivity index (χ3n) is 10.9. The summed E-state index contributed by atoms with van der Waals surface area (Å²) in [5.41, 5.74) is 12.7. The molecule has 0 unspecified atom stereocenters. The zero-order chi connectivity index (χ0) is 27.3. The molecule has 2 aliphatic carbocycles. The fourth-order valence-electron chi connectivity index (χ4n) is 7.20. The van der Waals surface area contributed by atoms with Crippen molar-refractivity contribution in [1.29, 1.82) is 0 Å². The van der Waals surface area contributed by atoms with Crippen LogP contribution in [-0.4, -0.2) is 15.2 Å². The molecule has 6 rings (SSSR count). The summed E-state index contributed by atoms with van der Waals surface area (Å²) in [5.74, 6) is 0.494. The number of hydrogen-bond donors (Lipinski definition) is 0. The Labute approximate surface area is 232 Å². The van der Waals surface area contributed by atoms with Crippen molar-refractivity contribution in [2.45, 2.75) is 77.2 Å². The highest BCUT2D eigenvalue weighted by molar-refractivity contribution is 7.46. The average molecular weight is 531 g/mol. The molecule has 2 aliphatic rings. The van der Waals surface area contributed by atoms with Crippen LogP contribution in [0.3, 0.4) is 0 Å². The van der Waals surface area contributed by atoms with E-state index in [4.69, 9.17) is 0 Å². The van der Waals surface area contributed by atoms with E-state index in [-0.39, 0.29) is 5.41 Å². The molecule has 0 radical (unpaired) electrons. The molecule has 0 heterocycles. The molecule has 0 bridgehead atoms. The Morgan fingerprint density at radius 3 is 1.58 bits per heavy atom. The smallest absolute Gasteiger partial charge is 0.0706 e. The lowest BCUT2D eigenvalue weighted by molar-refractivity contribution is 0.733. The van der Waals surface area contributed by atoms with Gasteiger partial charge in [0.15, 0.2) is 0 Å². The highest BCUT2D eigenvalue weighted by Crippen LogP contribution is 2.62. The van der Waals surface area contributed by atoms with Crippen molar-refractivity contribution >= 4 is 20.4 Å². The zero-order valence-corrected chi connectivity index (χ0v) is 26.7. The van der Waals surface area contributed by atoms with Crippen LogP contribution in [0.4, 0.5) is 0 Å². The molecule has 4 aromatic rings. The monoisotopic (exact) mass is 530 g/mol. The number of benzene rings is 4. The first-order valence-corrected chi connectivity index (χ1v) is 21.3. The van der Waals surface area contributed by atoms with E-state index in [9.17, 15) is 0 Å².